The Bertz CT molecular complexity index is 609. The predicted octanol–water partition coefficient (Wildman–Crippen LogP) is 2.54. The van der Waals surface area contributed by atoms with Gasteiger partial charge in [0.25, 0.3) is 0 Å². The highest BCUT2D eigenvalue weighted by molar-refractivity contribution is 5.30. The lowest BCUT2D eigenvalue weighted by Crippen LogP contribution is -2.45. The zero-order chi connectivity index (χ0) is 14.7. The van der Waals surface area contributed by atoms with E-state index in [9.17, 15) is 0 Å². The van der Waals surface area contributed by atoms with E-state index in [1.807, 2.05) is 19.4 Å². The topological polar surface area (TPSA) is 28.2 Å². The first-order chi connectivity index (χ1) is 10.3. The number of benzene rings is 1. The Labute approximate surface area is 127 Å². The maximum absolute atomic E-state index is 4.32. The molecule has 0 saturated heterocycles. The molecule has 3 rings (SSSR count). The van der Waals surface area contributed by atoms with E-state index in [0.717, 1.165) is 26.1 Å². The summed E-state index contributed by atoms with van der Waals surface area (Å²) in [5, 5.41) is 3.34. The van der Waals surface area contributed by atoms with Gasteiger partial charge in [0.2, 0.25) is 0 Å². The number of aromatic nitrogens is 1. The normalized spacial score (nSPS) is 18.5. The van der Waals surface area contributed by atoms with Gasteiger partial charge in [-0.15, -0.1) is 0 Å². The minimum atomic E-state index is 0.547. The van der Waals surface area contributed by atoms with Crippen LogP contribution in [-0.4, -0.2) is 29.5 Å². The Morgan fingerprint density at radius 3 is 2.81 bits per heavy atom. The number of aryl methyl sites for hydroxylation is 1. The van der Waals surface area contributed by atoms with Gasteiger partial charge in [-0.25, -0.2) is 0 Å². The molecule has 1 aliphatic heterocycles. The van der Waals surface area contributed by atoms with E-state index in [0.29, 0.717) is 6.04 Å². The van der Waals surface area contributed by atoms with E-state index in [4.69, 9.17) is 0 Å². The molecular formula is C18H23N3. The van der Waals surface area contributed by atoms with Crippen LogP contribution in [-0.2, 0) is 19.5 Å². The third-order valence-electron chi connectivity index (χ3n) is 4.22. The fourth-order valence-corrected chi connectivity index (χ4v) is 3.20. The summed E-state index contributed by atoms with van der Waals surface area (Å²) in [6.45, 7) is 5.12. The highest BCUT2D eigenvalue weighted by Crippen LogP contribution is 2.24. The van der Waals surface area contributed by atoms with Gasteiger partial charge in [0, 0.05) is 38.1 Å². The van der Waals surface area contributed by atoms with Crippen LogP contribution in [0, 0.1) is 6.92 Å². The quantitative estimate of drug-likeness (QED) is 0.933. The van der Waals surface area contributed by atoms with Gasteiger partial charge in [-0.2, -0.15) is 0 Å². The van der Waals surface area contributed by atoms with E-state index in [-0.39, 0.29) is 0 Å². The van der Waals surface area contributed by atoms with Crippen LogP contribution in [0.1, 0.15) is 22.3 Å². The highest BCUT2D eigenvalue weighted by Gasteiger charge is 2.25. The summed E-state index contributed by atoms with van der Waals surface area (Å²) in [4.78, 5) is 6.89. The average Bonchev–Trinajstić information content (AvgIpc) is 2.48. The van der Waals surface area contributed by atoms with Crippen molar-refractivity contribution < 1.29 is 0 Å². The molecule has 1 aromatic carbocycles. The maximum Gasteiger partial charge on any atom is 0.0313 e. The molecule has 3 nitrogen and oxygen atoms in total. The van der Waals surface area contributed by atoms with Crippen LogP contribution in [0.2, 0.25) is 0 Å². The summed E-state index contributed by atoms with van der Waals surface area (Å²) in [7, 11) is 2.03. The second-order valence-corrected chi connectivity index (χ2v) is 5.96. The molecule has 1 aliphatic rings. The predicted molar refractivity (Wildman–Crippen MR) is 86.1 cm³/mol. The molecule has 0 radical (unpaired) electrons. The molecular weight excluding hydrogens is 258 g/mol. The van der Waals surface area contributed by atoms with Gasteiger partial charge in [0.1, 0.15) is 0 Å². The molecule has 2 heterocycles. The number of fused-ring (bicyclic) bond motifs is 1. The van der Waals surface area contributed by atoms with Crippen molar-refractivity contribution in [1.29, 1.82) is 0 Å². The molecule has 0 aliphatic carbocycles. The van der Waals surface area contributed by atoms with Crippen LogP contribution < -0.4 is 5.32 Å². The van der Waals surface area contributed by atoms with Crippen molar-refractivity contribution in [1.82, 2.24) is 15.2 Å². The molecule has 0 fully saturated rings. The third-order valence-corrected chi connectivity index (χ3v) is 4.22. The first kappa shape index (κ1) is 14.2. The lowest BCUT2D eigenvalue weighted by Gasteiger charge is -2.37. The zero-order valence-electron chi connectivity index (χ0n) is 12.8. The molecule has 1 aromatic heterocycles. The number of nitrogens with zero attached hydrogens (tertiary/aromatic N) is 2. The second kappa shape index (κ2) is 6.37. The van der Waals surface area contributed by atoms with Crippen molar-refractivity contribution >= 4 is 0 Å². The van der Waals surface area contributed by atoms with Gasteiger partial charge in [0.15, 0.2) is 0 Å². The maximum atomic E-state index is 4.32. The lowest BCUT2D eigenvalue weighted by molar-refractivity contribution is 0.161. The van der Waals surface area contributed by atoms with Gasteiger partial charge in [0.05, 0.1) is 0 Å². The summed E-state index contributed by atoms with van der Waals surface area (Å²) >= 11 is 0. The number of pyridine rings is 1. The molecule has 1 N–H and O–H groups in total. The largest absolute Gasteiger partial charge is 0.318 e. The van der Waals surface area contributed by atoms with Gasteiger partial charge >= 0.3 is 0 Å². The molecule has 3 heteroatoms. The van der Waals surface area contributed by atoms with Crippen LogP contribution in [0.25, 0.3) is 0 Å². The van der Waals surface area contributed by atoms with Crippen LogP contribution >= 0.6 is 0 Å². The molecule has 1 atom stereocenters. The Balaban J connectivity index is 1.82. The summed E-state index contributed by atoms with van der Waals surface area (Å²) < 4.78 is 0. The van der Waals surface area contributed by atoms with Crippen LogP contribution in [0.3, 0.4) is 0 Å². The Kier molecular flexibility index (Phi) is 4.32. The SMILES string of the molecule is CNCC1Cc2ccccc2CN1Cc1cncc(C)c1. The Hall–Kier alpha value is -1.71. The molecule has 0 spiro atoms. The Morgan fingerprint density at radius 2 is 2.05 bits per heavy atom. The first-order valence-corrected chi connectivity index (χ1v) is 7.62. The van der Waals surface area contributed by atoms with E-state index in [2.05, 4.69) is 52.5 Å². The van der Waals surface area contributed by atoms with Gasteiger partial charge in [-0.05, 0) is 42.6 Å². The van der Waals surface area contributed by atoms with Crippen LogP contribution in [0.4, 0.5) is 0 Å². The lowest BCUT2D eigenvalue weighted by atomic mass is 9.93. The second-order valence-electron chi connectivity index (χ2n) is 5.96. The van der Waals surface area contributed by atoms with Crippen molar-refractivity contribution in [3.63, 3.8) is 0 Å². The van der Waals surface area contributed by atoms with Gasteiger partial charge in [-0.3, -0.25) is 9.88 Å². The number of nitrogens with one attached hydrogen (secondary N) is 1. The number of likely N-dealkylation sites (N-methyl/N-ethyl adjacent to an activating group) is 1. The highest BCUT2D eigenvalue weighted by atomic mass is 15.2. The number of hydrogen-bond donors (Lipinski definition) is 1. The summed E-state index contributed by atoms with van der Waals surface area (Å²) in [5.74, 6) is 0. The molecule has 0 saturated carbocycles. The van der Waals surface area contributed by atoms with Crippen molar-refractivity contribution in [2.75, 3.05) is 13.6 Å². The summed E-state index contributed by atoms with van der Waals surface area (Å²) in [6.07, 6.45) is 5.03. The van der Waals surface area contributed by atoms with Crippen molar-refractivity contribution in [3.8, 4) is 0 Å². The van der Waals surface area contributed by atoms with Crippen molar-refractivity contribution in [2.45, 2.75) is 32.5 Å². The molecule has 2 aromatic rings. The van der Waals surface area contributed by atoms with Gasteiger partial charge in [-0.1, -0.05) is 30.3 Å². The molecule has 0 amide bonds. The average molecular weight is 281 g/mol. The van der Waals surface area contributed by atoms with E-state index < -0.39 is 0 Å². The molecule has 110 valence electrons. The van der Waals surface area contributed by atoms with E-state index in [1.54, 1.807) is 0 Å². The van der Waals surface area contributed by atoms with Gasteiger partial charge < -0.3 is 5.32 Å². The number of hydrogen-bond acceptors (Lipinski definition) is 3. The molecule has 21 heavy (non-hydrogen) atoms. The van der Waals surface area contributed by atoms with E-state index in [1.165, 1.54) is 22.3 Å². The van der Waals surface area contributed by atoms with Crippen LogP contribution in [0.5, 0.6) is 0 Å². The monoisotopic (exact) mass is 281 g/mol. The fourth-order valence-electron chi connectivity index (χ4n) is 3.20. The third kappa shape index (κ3) is 3.31. The summed E-state index contributed by atoms with van der Waals surface area (Å²) in [6, 6.07) is 11.6. The standard InChI is InChI=1S/C18H23N3/c1-14-7-15(10-20-9-14)12-21-13-17-6-4-3-5-16(17)8-18(21)11-19-2/h3-7,9-10,18-19H,8,11-13H2,1-2H3. The van der Waals surface area contributed by atoms with Crippen molar-refractivity contribution in [2.24, 2.45) is 0 Å². The summed E-state index contributed by atoms with van der Waals surface area (Å²) in [5.41, 5.74) is 5.49. The van der Waals surface area contributed by atoms with Crippen LogP contribution in [0.15, 0.2) is 42.7 Å². The fraction of sp³-hybridized carbons (Fsp3) is 0.389. The minimum absolute atomic E-state index is 0.547. The smallest absolute Gasteiger partial charge is 0.0313 e. The number of rotatable bonds is 4. The van der Waals surface area contributed by atoms with E-state index >= 15 is 0 Å². The molecule has 1 unspecified atom stereocenters. The zero-order valence-corrected chi connectivity index (χ0v) is 12.8. The first-order valence-electron chi connectivity index (χ1n) is 7.62. The van der Waals surface area contributed by atoms with Crippen molar-refractivity contribution in [3.05, 3.63) is 65.0 Å². The minimum Gasteiger partial charge on any atom is -0.318 e. The molecule has 0 bridgehead atoms. The Morgan fingerprint density at radius 1 is 1.24 bits per heavy atom.